The minimum absolute atomic E-state index is 0. The summed E-state index contributed by atoms with van der Waals surface area (Å²) in [6, 6.07) is 0. The fraction of sp³-hybridized carbons (Fsp3) is 1.00. The van der Waals surface area contributed by atoms with Gasteiger partial charge in [-0.05, 0) is 0 Å². The molecule has 0 heterocycles. The number of nitrogens with zero attached hydrogens (tertiary/aromatic N) is 4. The first-order valence-electron chi connectivity index (χ1n) is 10.9. The molecule has 0 amide bonds. The Hall–Kier alpha value is 0.710. The van der Waals surface area contributed by atoms with E-state index in [9.17, 15) is 0 Å². The molecular formula is C24H56HfN4. The summed E-state index contributed by atoms with van der Waals surface area (Å²) in [5.41, 5.74) is 0.833. The Morgan fingerprint density at radius 3 is 0.483 bits per heavy atom. The third kappa shape index (κ3) is 33.5. The van der Waals surface area contributed by atoms with Crippen LogP contribution in [0.2, 0.25) is 0 Å². The van der Waals surface area contributed by atoms with Gasteiger partial charge in [-0.25, -0.2) is 0 Å². The quantitative estimate of drug-likeness (QED) is 0.259. The third-order valence-electron chi connectivity index (χ3n) is 5.88. The van der Waals surface area contributed by atoms with Crippen molar-refractivity contribution >= 4 is 0 Å². The van der Waals surface area contributed by atoms with E-state index in [1.165, 1.54) is 0 Å². The van der Waals surface area contributed by atoms with Crippen LogP contribution >= 0.6 is 0 Å². The van der Waals surface area contributed by atoms with Gasteiger partial charge in [0.15, 0.2) is 0 Å². The van der Waals surface area contributed by atoms with Crippen molar-refractivity contribution in [3.63, 3.8) is 0 Å². The van der Waals surface area contributed by atoms with E-state index in [2.05, 4.69) is 104 Å². The largest absolute Gasteiger partial charge is 4.00 e. The van der Waals surface area contributed by atoms with E-state index in [-0.39, 0.29) is 48.0 Å². The molecule has 0 bridgehead atoms. The van der Waals surface area contributed by atoms with Crippen molar-refractivity contribution < 1.29 is 25.8 Å². The maximum atomic E-state index is 4.14. The Labute approximate surface area is 205 Å². The maximum absolute atomic E-state index is 4.14. The van der Waals surface area contributed by atoms with Gasteiger partial charge >= 0.3 is 25.8 Å². The first-order valence-corrected chi connectivity index (χ1v) is 10.9. The molecule has 0 aromatic carbocycles. The molecule has 0 rings (SSSR count). The van der Waals surface area contributed by atoms with E-state index >= 15 is 0 Å². The average Bonchev–Trinajstić information content (AvgIpc) is 2.69. The second kappa shape index (κ2) is 20.6. The fourth-order valence-electron chi connectivity index (χ4n) is 0.632. The van der Waals surface area contributed by atoms with E-state index in [0.29, 0.717) is 0 Å². The smallest absolute Gasteiger partial charge is 0.660 e. The van der Waals surface area contributed by atoms with Crippen LogP contribution in [0.3, 0.4) is 0 Å². The van der Waals surface area contributed by atoms with Gasteiger partial charge in [0.1, 0.15) is 0 Å². The van der Waals surface area contributed by atoms with Gasteiger partial charge in [0.05, 0.1) is 0 Å². The molecule has 0 fully saturated rings. The molecule has 0 aliphatic carbocycles. The molecule has 0 spiro atoms. The number of rotatable bonds is 8. The molecule has 5 heteroatoms. The standard InChI is InChI=1S/4C6H14N.Hf/c4*1-5-6(2,3)7-4;/h4*5H2,1-4H3;/q4*-1;+4. The van der Waals surface area contributed by atoms with Crippen LogP contribution in [0.15, 0.2) is 0 Å². The van der Waals surface area contributed by atoms with Crippen LogP contribution in [0, 0.1) is 0 Å². The summed E-state index contributed by atoms with van der Waals surface area (Å²) in [5.74, 6) is 0. The zero-order valence-corrected chi connectivity index (χ0v) is 26.7. The summed E-state index contributed by atoms with van der Waals surface area (Å²) >= 11 is 0. The van der Waals surface area contributed by atoms with Crippen LogP contribution < -0.4 is 0 Å². The second-order valence-corrected chi connectivity index (χ2v) is 9.56. The summed E-state index contributed by atoms with van der Waals surface area (Å²) in [7, 11) is 7.46. The van der Waals surface area contributed by atoms with Gasteiger partial charge in [-0.3, -0.25) is 0 Å². The van der Waals surface area contributed by atoms with E-state index in [1.54, 1.807) is 0 Å². The summed E-state index contributed by atoms with van der Waals surface area (Å²) < 4.78 is 0. The van der Waals surface area contributed by atoms with Crippen LogP contribution in [0.5, 0.6) is 0 Å². The summed E-state index contributed by atoms with van der Waals surface area (Å²) in [4.78, 5) is 0. The molecule has 0 saturated heterocycles. The maximum Gasteiger partial charge on any atom is 4.00 e. The normalized spacial score (nSPS) is 11.6. The fourth-order valence-corrected chi connectivity index (χ4v) is 0.632. The summed E-state index contributed by atoms with van der Waals surface area (Å²) in [6.45, 7) is 25.6. The zero-order valence-electron chi connectivity index (χ0n) is 23.1. The first-order chi connectivity index (χ1) is 12.5. The molecule has 0 unspecified atom stereocenters. The minimum atomic E-state index is 0. The van der Waals surface area contributed by atoms with Gasteiger partial charge in [0.25, 0.3) is 0 Å². The Balaban J connectivity index is -0.0000000873. The van der Waals surface area contributed by atoms with Crippen LogP contribution in [0.25, 0.3) is 21.3 Å². The summed E-state index contributed by atoms with van der Waals surface area (Å²) in [5, 5.41) is 16.6. The predicted molar refractivity (Wildman–Crippen MR) is 135 cm³/mol. The summed E-state index contributed by atoms with van der Waals surface area (Å²) in [6.07, 6.45) is 4.51. The Bertz CT molecular complexity index is 239. The van der Waals surface area contributed by atoms with Gasteiger partial charge in [0.2, 0.25) is 0 Å². The monoisotopic (exact) mass is 580 g/mol. The van der Waals surface area contributed by atoms with E-state index < -0.39 is 0 Å². The second-order valence-electron chi connectivity index (χ2n) is 9.56. The molecule has 0 atom stereocenters. The van der Waals surface area contributed by atoms with Crippen LogP contribution in [-0.2, 0) is 25.8 Å². The van der Waals surface area contributed by atoms with Gasteiger partial charge in [-0.15, -0.1) is 22.2 Å². The van der Waals surface area contributed by atoms with Gasteiger partial charge < -0.3 is 21.3 Å². The molecular weight excluding hydrogens is 523 g/mol. The van der Waals surface area contributed by atoms with E-state index in [4.69, 9.17) is 0 Å². The molecule has 176 valence electrons. The Morgan fingerprint density at radius 2 is 0.483 bits per heavy atom. The van der Waals surface area contributed by atoms with Gasteiger partial charge in [-0.1, -0.05) is 109 Å². The van der Waals surface area contributed by atoms with Crippen molar-refractivity contribution in [2.45, 2.75) is 131 Å². The SMILES string of the molecule is CCC(C)(C)[N-]C.CCC(C)(C)[N-]C.CCC(C)(C)[N-]C.CCC(C)(C)[N-]C.[Hf+4]. The molecule has 4 nitrogen and oxygen atoms in total. The Morgan fingerprint density at radius 1 is 0.379 bits per heavy atom. The molecule has 0 aromatic heterocycles. The Kier molecular flexibility index (Phi) is 28.5. The molecule has 29 heavy (non-hydrogen) atoms. The average molecular weight is 579 g/mol. The van der Waals surface area contributed by atoms with Crippen molar-refractivity contribution in [3.05, 3.63) is 21.3 Å². The molecule has 0 radical (unpaired) electrons. The predicted octanol–water partition coefficient (Wildman–Crippen LogP) is 8.71. The van der Waals surface area contributed by atoms with Gasteiger partial charge in [0, 0.05) is 0 Å². The van der Waals surface area contributed by atoms with Crippen molar-refractivity contribution in [1.29, 1.82) is 0 Å². The van der Waals surface area contributed by atoms with Gasteiger partial charge in [-0.2, -0.15) is 28.2 Å². The third-order valence-corrected chi connectivity index (χ3v) is 5.88. The molecule has 0 aromatic rings. The molecule has 0 aliphatic rings. The van der Waals surface area contributed by atoms with Crippen LogP contribution in [0.4, 0.5) is 0 Å². The van der Waals surface area contributed by atoms with Crippen molar-refractivity contribution in [2.24, 2.45) is 0 Å². The topological polar surface area (TPSA) is 56.4 Å². The number of hydrogen-bond donors (Lipinski definition) is 0. The van der Waals surface area contributed by atoms with Crippen LogP contribution in [-0.4, -0.2) is 50.3 Å². The van der Waals surface area contributed by atoms with E-state index in [1.807, 2.05) is 28.2 Å². The van der Waals surface area contributed by atoms with Crippen LogP contribution in [0.1, 0.15) is 109 Å². The van der Waals surface area contributed by atoms with E-state index in [0.717, 1.165) is 25.7 Å². The van der Waals surface area contributed by atoms with Crippen molar-refractivity contribution in [1.82, 2.24) is 0 Å². The zero-order chi connectivity index (χ0) is 23.7. The molecule has 0 saturated carbocycles. The molecule has 0 N–H and O–H groups in total. The minimum Gasteiger partial charge on any atom is -0.660 e. The van der Waals surface area contributed by atoms with Crippen molar-refractivity contribution in [2.75, 3.05) is 28.2 Å². The van der Waals surface area contributed by atoms with Crippen molar-refractivity contribution in [3.8, 4) is 0 Å². The molecule has 0 aliphatic heterocycles. The number of hydrogen-bond acceptors (Lipinski definition) is 0. The first kappa shape index (κ1) is 40.1.